The Hall–Kier alpha value is -1.02. The van der Waals surface area contributed by atoms with Gasteiger partial charge in [-0.1, -0.05) is 199 Å². The smallest absolute Gasteiger partial charge is 0.387 e. The number of phosphoric acid groups is 1. The molecule has 0 saturated carbocycles. The Kier molecular flexibility index (Phi) is 37.8. The van der Waals surface area contributed by atoms with Gasteiger partial charge >= 0.3 is 7.82 Å². The van der Waals surface area contributed by atoms with Crippen molar-refractivity contribution in [3.63, 3.8) is 0 Å². The molecule has 0 spiro atoms. The van der Waals surface area contributed by atoms with Crippen LogP contribution in [0.1, 0.15) is 213 Å². The molecule has 0 aromatic carbocycles. The number of carbonyl (C=O) groups excluding carboxylic acids is 1. The fourth-order valence-electron chi connectivity index (χ4n) is 6.70. The van der Waals surface area contributed by atoms with Gasteiger partial charge in [-0.15, -0.1) is 0 Å². The molecule has 8 nitrogen and oxygen atoms in total. The Bertz CT molecular complexity index is 953. The molecule has 1 amide bonds. The van der Waals surface area contributed by atoms with E-state index in [9.17, 15) is 19.4 Å². The maximum atomic E-state index is 12.7. The molecule has 0 aliphatic rings. The van der Waals surface area contributed by atoms with E-state index in [2.05, 4.69) is 31.3 Å². The summed E-state index contributed by atoms with van der Waals surface area (Å²) in [5, 5.41) is 13.7. The zero-order valence-corrected chi connectivity index (χ0v) is 37.8. The second-order valence-corrected chi connectivity index (χ2v) is 18.6. The molecular weight excluding hydrogens is 707 g/mol. The van der Waals surface area contributed by atoms with Crippen molar-refractivity contribution >= 4 is 13.7 Å². The lowest BCUT2D eigenvalue weighted by molar-refractivity contribution is -0.870. The lowest BCUT2D eigenvalue weighted by atomic mass is 10.0. The van der Waals surface area contributed by atoms with E-state index in [0.717, 1.165) is 38.5 Å². The molecule has 0 aromatic heterocycles. The third kappa shape index (κ3) is 41.0. The molecule has 3 atom stereocenters. The van der Waals surface area contributed by atoms with E-state index in [1.807, 2.05) is 27.2 Å². The van der Waals surface area contributed by atoms with Crippen molar-refractivity contribution in [2.75, 3.05) is 40.9 Å². The molecule has 0 saturated heterocycles. The first-order valence-electron chi connectivity index (χ1n) is 23.2. The summed E-state index contributed by atoms with van der Waals surface area (Å²) < 4.78 is 23.4. The number of nitrogens with one attached hydrogen (secondary N) is 1. The summed E-state index contributed by atoms with van der Waals surface area (Å²) in [4.78, 5) is 22.9. The molecule has 0 fully saturated rings. The molecule has 3 unspecified atom stereocenters. The van der Waals surface area contributed by atoms with E-state index in [1.165, 1.54) is 154 Å². The number of quaternary nitrogens is 1. The van der Waals surface area contributed by atoms with Crippen molar-refractivity contribution in [1.82, 2.24) is 5.32 Å². The van der Waals surface area contributed by atoms with Gasteiger partial charge in [-0.3, -0.25) is 13.8 Å². The molecule has 9 heteroatoms. The van der Waals surface area contributed by atoms with Gasteiger partial charge in [0.05, 0.1) is 39.9 Å². The minimum Gasteiger partial charge on any atom is -0.387 e. The van der Waals surface area contributed by atoms with Crippen LogP contribution in [-0.4, -0.2) is 73.4 Å². The number of unbranched alkanes of at least 4 members (excludes halogenated alkanes) is 27. The van der Waals surface area contributed by atoms with Gasteiger partial charge in [0.25, 0.3) is 0 Å². The van der Waals surface area contributed by atoms with Crippen LogP contribution >= 0.6 is 7.82 Å². The Morgan fingerprint density at radius 1 is 0.600 bits per heavy atom. The highest BCUT2D eigenvalue weighted by atomic mass is 31.2. The lowest BCUT2D eigenvalue weighted by Gasteiger charge is -2.25. The predicted molar refractivity (Wildman–Crippen MR) is 235 cm³/mol. The average Bonchev–Trinajstić information content (AvgIpc) is 3.13. The van der Waals surface area contributed by atoms with Crippen molar-refractivity contribution < 1.29 is 32.9 Å². The van der Waals surface area contributed by atoms with Crippen molar-refractivity contribution in [3.8, 4) is 0 Å². The van der Waals surface area contributed by atoms with E-state index in [4.69, 9.17) is 9.05 Å². The van der Waals surface area contributed by atoms with Crippen LogP contribution in [0.3, 0.4) is 0 Å². The summed E-state index contributed by atoms with van der Waals surface area (Å²) in [6.45, 7) is 4.75. The van der Waals surface area contributed by atoms with Crippen LogP contribution in [0.5, 0.6) is 0 Å². The number of rotatable bonds is 42. The van der Waals surface area contributed by atoms with Crippen molar-refractivity contribution in [2.45, 2.75) is 225 Å². The maximum absolute atomic E-state index is 12.7. The molecule has 0 bridgehead atoms. The van der Waals surface area contributed by atoms with Crippen LogP contribution in [-0.2, 0) is 18.4 Å². The zero-order valence-electron chi connectivity index (χ0n) is 36.9. The maximum Gasteiger partial charge on any atom is 0.472 e. The summed E-state index contributed by atoms with van der Waals surface area (Å²) in [7, 11) is 1.56. The fourth-order valence-corrected chi connectivity index (χ4v) is 7.44. The number of allylic oxidation sites excluding steroid dienone is 3. The van der Waals surface area contributed by atoms with Gasteiger partial charge in [-0.2, -0.15) is 0 Å². The van der Waals surface area contributed by atoms with Gasteiger partial charge in [-0.05, 0) is 32.1 Å². The summed E-state index contributed by atoms with van der Waals surface area (Å²) in [6, 6.07) is -0.856. The van der Waals surface area contributed by atoms with Crippen LogP contribution in [0.4, 0.5) is 0 Å². The Morgan fingerprint density at radius 2 is 1.00 bits per heavy atom. The van der Waals surface area contributed by atoms with Gasteiger partial charge in [-0.25, -0.2) is 4.57 Å². The molecule has 0 aliphatic carbocycles. The van der Waals surface area contributed by atoms with Crippen LogP contribution in [0.2, 0.25) is 0 Å². The Morgan fingerprint density at radius 3 is 1.45 bits per heavy atom. The van der Waals surface area contributed by atoms with Crippen LogP contribution in [0.25, 0.3) is 0 Å². The van der Waals surface area contributed by atoms with E-state index >= 15 is 0 Å². The number of hydrogen-bond donors (Lipinski definition) is 3. The number of phosphoric ester groups is 1. The van der Waals surface area contributed by atoms with Gasteiger partial charge in [0, 0.05) is 6.42 Å². The van der Waals surface area contributed by atoms with Gasteiger partial charge in [0.15, 0.2) is 0 Å². The van der Waals surface area contributed by atoms with Gasteiger partial charge in [0.2, 0.25) is 5.91 Å². The molecule has 0 rings (SSSR count). The monoisotopic (exact) mass is 800 g/mol. The Balaban J connectivity index is 4.16. The molecular formula is C46H92N2O6P+. The second-order valence-electron chi connectivity index (χ2n) is 17.1. The summed E-state index contributed by atoms with van der Waals surface area (Å²) in [5.74, 6) is -0.193. The normalized spacial score (nSPS) is 14.5. The van der Waals surface area contributed by atoms with E-state index in [0.29, 0.717) is 17.4 Å². The average molecular weight is 800 g/mol. The fraction of sp³-hybridized carbons (Fsp3) is 0.891. The van der Waals surface area contributed by atoms with Gasteiger partial charge in [0.1, 0.15) is 13.2 Å². The first-order valence-corrected chi connectivity index (χ1v) is 24.7. The lowest BCUT2D eigenvalue weighted by Crippen LogP contribution is -2.45. The van der Waals surface area contributed by atoms with Crippen molar-refractivity contribution in [1.29, 1.82) is 0 Å². The van der Waals surface area contributed by atoms with Crippen LogP contribution in [0, 0.1) is 0 Å². The molecule has 0 aliphatic heterocycles. The third-order valence-corrected chi connectivity index (χ3v) is 11.4. The van der Waals surface area contributed by atoms with Crippen LogP contribution < -0.4 is 5.32 Å². The minimum absolute atomic E-state index is 0.0577. The SMILES string of the molecule is CCCCCCCCCCCCCCCCCCCCCC/C=C/CC/C=C/C(O)C(COP(=O)(O)OCC[N+](C)(C)C)NC(=O)CCCCCCCCC. The quantitative estimate of drug-likeness (QED) is 0.0246. The molecule has 0 heterocycles. The number of amides is 1. The summed E-state index contributed by atoms with van der Waals surface area (Å²) >= 11 is 0. The first-order chi connectivity index (χ1) is 26.5. The summed E-state index contributed by atoms with van der Waals surface area (Å²) in [6.07, 6.45) is 45.8. The predicted octanol–water partition coefficient (Wildman–Crippen LogP) is 12.9. The van der Waals surface area contributed by atoms with E-state index in [-0.39, 0.29) is 19.1 Å². The van der Waals surface area contributed by atoms with E-state index < -0.39 is 20.0 Å². The van der Waals surface area contributed by atoms with Gasteiger partial charge < -0.3 is 19.8 Å². The molecule has 55 heavy (non-hydrogen) atoms. The zero-order chi connectivity index (χ0) is 40.7. The van der Waals surface area contributed by atoms with Crippen LogP contribution in [0.15, 0.2) is 24.3 Å². The number of aliphatic hydroxyl groups excluding tert-OH is 1. The number of carbonyl (C=O) groups is 1. The highest BCUT2D eigenvalue weighted by Crippen LogP contribution is 2.43. The largest absolute Gasteiger partial charge is 0.472 e. The molecule has 3 N–H and O–H groups in total. The Labute approximate surface area is 341 Å². The number of aliphatic hydroxyl groups is 1. The standard InChI is InChI=1S/C46H91N2O6P/c1-6-8-10-12-14-15-16-17-18-19-20-21-22-23-24-25-26-27-28-29-30-31-32-34-35-37-39-45(49)44(43-54-55(51,52)53-42-41-48(3,4)5)47-46(50)40-38-36-33-13-11-9-7-2/h31-32,37,39,44-45,49H,6-30,33-36,38,40-43H2,1-5H3,(H-,47,50,51,52)/p+1/b32-31+,39-37+. The molecule has 326 valence electrons. The molecule has 0 radical (unpaired) electrons. The third-order valence-electron chi connectivity index (χ3n) is 10.4. The first kappa shape index (κ1) is 54.0. The minimum atomic E-state index is -4.33. The number of nitrogens with zero attached hydrogens (tertiary/aromatic N) is 1. The van der Waals surface area contributed by atoms with E-state index in [1.54, 1.807) is 6.08 Å². The highest BCUT2D eigenvalue weighted by molar-refractivity contribution is 7.47. The number of likely N-dealkylation sites (N-methyl/N-ethyl adjacent to an activating group) is 1. The summed E-state index contributed by atoms with van der Waals surface area (Å²) in [5.41, 5.74) is 0. The highest BCUT2D eigenvalue weighted by Gasteiger charge is 2.27. The van der Waals surface area contributed by atoms with Crippen molar-refractivity contribution in [2.24, 2.45) is 0 Å². The number of hydrogen-bond acceptors (Lipinski definition) is 5. The second kappa shape index (κ2) is 38.5. The topological polar surface area (TPSA) is 105 Å². The van der Waals surface area contributed by atoms with Crippen molar-refractivity contribution in [3.05, 3.63) is 24.3 Å². The molecule has 0 aromatic rings.